The number of aromatic nitrogens is 2. The number of rotatable bonds is 6. The minimum atomic E-state index is 0.573. The van der Waals surface area contributed by atoms with E-state index in [9.17, 15) is 0 Å². The molecule has 2 N–H and O–H groups in total. The van der Waals surface area contributed by atoms with Gasteiger partial charge in [0.1, 0.15) is 11.6 Å². The van der Waals surface area contributed by atoms with E-state index in [0.29, 0.717) is 12.5 Å². The summed E-state index contributed by atoms with van der Waals surface area (Å²) in [4.78, 5) is 8.77. The van der Waals surface area contributed by atoms with E-state index < -0.39 is 0 Å². The average molecular weight is 284 g/mol. The molecule has 0 amide bonds. The molecule has 0 aliphatic carbocycles. The summed E-state index contributed by atoms with van der Waals surface area (Å²) in [7, 11) is 1.65. The van der Waals surface area contributed by atoms with Crippen molar-refractivity contribution in [2.24, 2.45) is 0 Å². The molecule has 21 heavy (non-hydrogen) atoms. The first kappa shape index (κ1) is 14.8. The van der Waals surface area contributed by atoms with Crippen LogP contribution in [0.1, 0.15) is 11.3 Å². The zero-order valence-corrected chi connectivity index (χ0v) is 12.6. The van der Waals surface area contributed by atoms with Gasteiger partial charge in [-0.25, -0.2) is 4.98 Å². The highest BCUT2D eigenvalue weighted by Gasteiger charge is 2.06. The van der Waals surface area contributed by atoms with Crippen molar-refractivity contribution in [3.63, 3.8) is 0 Å². The van der Waals surface area contributed by atoms with Crippen LogP contribution in [0.15, 0.2) is 36.9 Å². The number of hydrogen-bond acceptors (Lipinski definition) is 5. The molecule has 0 aliphatic rings. The van der Waals surface area contributed by atoms with Crippen molar-refractivity contribution in [1.82, 2.24) is 9.97 Å². The third kappa shape index (κ3) is 3.95. The van der Waals surface area contributed by atoms with Gasteiger partial charge in [-0.15, -0.1) is 6.58 Å². The van der Waals surface area contributed by atoms with Gasteiger partial charge in [-0.05, 0) is 31.5 Å². The maximum Gasteiger partial charge on any atom is 0.225 e. The van der Waals surface area contributed by atoms with Crippen LogP contribution in [0.2, 0.25) is 0 Å². The fourth-order valence-corrected chi connectivity index (χ4v) is 1.93. The first-order valence-corrected chi connectivity index (χ1v) is 6.74. The van der Waals surface area contributed by atoms with Gasteiger partial charge < -0.3 is 15.4 Å². The molecule has 0 spiro atoms. The Balaban J connectivity index is 2.28. The van der Waals surface area contributed by atoms with Crippen molar-refractivity contribution in [2.45, 2.75) is 13.8 Å². The lowest BCUT2D eigenvalue weighted by molar-refractivity contribution is 0.416. The fraction of sp³-hybridized carbons (Fsp3) is 0.250. The van der Waals surface area contributed by atoms with Crippen LogP contribution in [0.4, 0.5) is 17.5 Å². The molecule has 5 heteroatoms. The summed E-state index contributed by atoms with van der Waals surface area (Å²) in [5.41, 5.74) is 2.91. The van der Waals surface area contributed by atoms with Crippen LogP contribution in [0.3, 0.4) is 0 Å². The predicted octanol–water partition coefficient (Wildman–Crippen LogP) is 3.44. The zero-order valence-electron chi connectivity index (χ0n) is 12.6. The first-order chi connectivity index (χ1) is 10.1. The van der Waals surface area contributed by atoms with Crippen LogP contribution in [0.5, 0.6) is 5.75 Å². The molecule has 2 rings (SSSR count). The Labute approximate surface area is 125 Å². The minimum absolute atomic E-state index is 0.573. The van der Waals surface area contributed by atoms with E-state index in [0.717, 1.165) is 28.5 Å². The van der Waals surface area contributed by atoms with Crippen LogP contribution in [-0.4, -0.2) is 23.6 Å². The highest BCUT2D eigenvalue weighted by Crippen LogP contribution is 2.28. The summed E-state index contributed by atoms with van der Waals surface area (Å²) in [5.74, 6) is 2.07. The summed E-state index contributed by atoms with van der Waals surface area (Å²) >= 11 is 0. The van der Waals surface area contributed by atoms with E-state index in [1.165, 1.54) is 0 Å². The second-order valence-corrected chi connectivity index (χ2v) is 4.72. The number of nitrogens with zero attached hydrogens (tertiary/aromatic N) is 2. The molecule has 1 aromatic carbocycles. The van der Waals surface area contributed by atoms with Gasteiger partial charge in [0.05, 0.1) is 12.8 Å². The maximum atomic E-state index is 5.36. The Morgan fingerprint density at radius 3 is 2.76 bits per heavy atom. The summed E-state index contributed by atoms with van der Waals surface area (Å²) in [5, 5.41) is 6.37. The summed E-state index contributed by atoms with van der Waals surface area (Å²) in [6.45, 7) is 8.26. The lowest BCUT2D eigenvalue weighted by Gasteiger charge is -2.13. The maximum absolute atomic E-state index is 5.36. The molecular formula is C16H20N4O. The molecule has 1 aromatic heterocycles. The number of hydrogen-bond donors (Lipinski definition) is 2. The van der Waals surface area contributed by atoms with Crippen LogP contribution in [0, 0.1) is 13.8 Å². The molecule has 0 saturated carbocycles. The van der Waals surface area contributed by atoms with Gasteiger partial charge in [-0.3, -0.25) is 0 Å². The van der Waals surface area contributed by atoms with Gasteiger partial charge >= 0.3 is 0 Å². The molecule has 1 heterocycles. The van der Waals surface area contributed by atoms with E-state index >= 15 is 0 Å². The molecule has 0 radical (unpaired) electrons. The van der Waals surface area contributed by atoms with Crippen LogP contribution in [-0.2, 0) is 0 Å². The molecule has 0 fully saturated rings. The molecule has 0 saturated heterocycles. The number of aryl methyl sites for hydroxylation is 2. The van der Waals surface area contributed by atoms with E-state index in [4.69, 9.17) is 4.74 Å². The van der Waals surface area contributed by atoms with Crippen LogP contribution >= 0.6 is 0 Å². The Morgan fingerprint density at radius 2 is 2.05 bits per heavy atom. The van der Waals surface area contributed by atoms with E-state index in [1.807, 2.05) is 38.1 Å². The SMILES string of the molecule is C=CCNc1nc(C)cc(Nc2cc(C)ccc2OC)n1. The number of methoxy groups -OCH3 is 1. The van der Waals surface area contributed by atoms with Gasteiger partial charge in [0.25, 0.3) is 0 Å². The Hall–Kier alpha value is -2.56. The topological polar surface area (TPSA) is 59.1 Å². The molecule has 0 unspecified atom stereocenters. The van der Waals surface area contributed by atoms with Crippen LogP contribution < -0.4 is 15.4 Å². The summed E-state index contributed by atoms with van der Waals surface area (Å²) in [6.07, 6.45) is 1.77. The fourth-order valence-electron chi connectivity index (χ4n) is 1.93. The standard InChI is InChI=1S/C16H20N4O/c1-5-8-17-16-18-12(3)10-15(20-16)19-13-9-11(2)6-7-14(13)21-4/h5-7,9-10H,1,8H2,2-4H3,(H2,17,18,19,20). The minimum Gasteiger partial charge on any atom is -0.495 e. The average Bonchev–Trinajstić information content (AvgIpc) is 2.45. The van der Waals surface area contributed by atoms with Crippen molar-refractivity contribution < 1.29 is 4.74 Å². The van der Waals surface area contributed by atoms with Crippen molar-refractivity contribution in [2.75, 3.05) is 24.3 Å². The highest BCUT2D eigenvalue weighted by atomic mass is 16.5. The molecule has 2 aromatic rings. The third-order valence-corrected chi connectivity index (χ3v) is 2.88. The molecule has 0 bridgehead atoms. The van der Waals surface area contributed by atoms with E-state index in [2.05, 4.69) is 27.2 Å². The number of anilines is 3. The van der Waals surface area contributed by atoms with Gasteiger partial charge in [-0.1, -0.05) is 12.1 Å². The van der Waals surface area contributed by atoms with Crippen molar-refractivity contribution >= 4 is 17.5 Å². The lowest BCUT2D eigenvalue weighted by atomic mass is 10.2. The zero-order chi connectivity index (χ0) is 15.2. The molecule has 5 nitrogen and oxygen atoms in total. The Kier molecular flexibility index (Phi) is 4.77. The Bertz CT molecular complexity index is 640. The normalized spacial score (nSPS) is 10.0. The quantitative estimate of drug-likeness (QED) is 0.796. The molecular weight excluding hydrogens is 264 g/mol. The van der Waals surface area contributed by atoms with Gasteiger partial charge in [0.15, 0.2) is 0 Å². The molecule has 0 atom stereocenters. The van der Waals surface area contributed by atoms with Crippen molar-refractivity contribution in [3.05, 3.63) is 48.2 Å². The third-order valence-electron chi connectivity index (χ3n) is 2.88. The van der Waals surface area contributed by atoms with E-state index in [1.54, 1.807) is 13.2 Å². The number of benzene rings is 1. The van der Waals surface area contributed by atoms with Gasteiger partial charge in [0, 0.05) is 18.3 Å². The smallest absolute Gasteiger partial charge is 0.225 e. The van der Waals surface area contributed by atoms with Gasteiger partial charge in [-0.2, -0.15) is 4.98 Å². The lowest BCUT2D eigenvalue weighted by Crippen LogP contribution is -2.06. The Morgan fingerprint density at radius 1 is 1.24 bits per heavy atom. The van der Waals surface area contributed by atoms with Crippen LogP contribution in [0.25, 0.3) is 0 Å². The highest BCUT2D eigenvalue weighted by molar-refractivity contribution is 5.65. The largest absolute Gasteiger partial charge is 0.495 e. The predicted molar refractivity (Wildman–Crippen MR) is 86.5 cm³/mol. The van der Waals surface area contributed by atoms with Crippen molar-refractivity contribution in [3.8, 4) is 5.75 Å². The van der Waals surface area contributed by atoms with Crippen molar-refractivity contribution in [1.29, 1.82) is 0 Å². The van der Waals surface area contributed by atoms with E-state index in [-0.39, 0.29) is 0 Å². The van der Waals surface area contributed by atoms with Gasteiger partial charge in [0.2, 0.25) is 5.95 Å². The monoisotopic (exact) mass is 284 g/mol. The molecule has 0 aliphatic heterocycles. The first-order valence-electron chi connectivity index (χ1n) is 6.74. The number of ether oxygens (including phenoxy) is 1. The second kappa shape index (κ2) is 6.74. The molecule has 110 valence electrons. The number of nitrogens with one attached hydrogen (secondary N) is 2. The second-order valence-electron chi connectivity index (χ2n) is 4.72. The summed E-state index contributed by atoms with van der Waals surface area (Å²) < 4.78 is 5.36. The summed E-state index contributed by atoms with van der Waals surface area (Å²) in [6, 6.07) is 7.85.